The maximum absolute atomic E-state index is 6.29. The molecule has 3 heterocycles. The van der Waals surface area contributed by atoms with E-state index in [1.807, 2.05) is 60.8 Å². The van der Waals surface area contributed by atoms with Gasteiger partial charge in [-0.25, -0.2) is 5.01 Å². The van der Waals surface area contributed by atoms with Crippen LogP contribution in [0.4, 0.5) is 0 Å². The molecule has 1 aromatic heterocycles. The molecule has 2 atom stereocenters. The molecule has 0 unspecified atom stereocenters. The standard InChI is InChI=1S/C21H16ClN3O/c22-16-9-7-14(8-10-16)18-12-19-17-5-1-2-6-20(17)26-21(25(19)24-18)15-4-3-11-23-13-15/h1-11,13,19,21H,12H2/t19-,21-/m1/s1. The fourth-order valence-corrected chi connectivity index (χ4v) is 3.72. The van der Waals surface area contributed by atoms with Crippen molar-refractivity contribution >= 4 is 17.3 Å². The molecule has 0 radical (unpaired) electrons. The molecule has 2 aliphatic heterocycles. The molecule has 0 N–H and O–H groups in total. The summed E-state index contributed by atoms with van der Waals surface area (Å²) in [6, 6.07) is 20.1. The van der Waals surface area contributed by atoms with Crippen molar-refractivity contribution in [2.24, 2.45) is 5.10 Å². The average Bonchev–Trinajstić information content (AvgIpc) is 3.14. The second kappa shape index (κ2) is 6.15. The van der Waals surface area contributed by atoms with Crippen molar-refractivity contribution in [3.05, 3.63) is 94.8 Å². The summed E-state index contributed by atoms with van der Waals surface area (Å²) in [4.78, 5) is 4.25. The van der Waals surface area contributed by atoms with Gasteiger partial charge in [-0.3, -0.25) is 4.98 Å². The number of hydrogen-bond donors (Lipinski definition) is 0. The first-order valence-electron chi connectivity index (χ1n) is 8.57. The van der Waals surface area contributed by atoms with Crippen LogP contribution in [0.1, 0.15) is 35.4 Å². The highest BCUT2D eigenvalue weighted by molar-refractivity contribution is 6.30. The van der Waals surface area contributed by atoms with Crippen LogP contribution in [0, 0.1) is 0 Å². The zero-order valence-corrected chi connectivity index (χ0v) is 14.7. The number of fused-ring (bicyclic) bond motifs is 3. The van der Waals surface area contributed by atoms with Gasteiger partial charge in [-0.15, -0.1) is 0 Å². The van der Waals surface area contributed by atoms with Crippen LogP contribution in [0.2, 0.25) is 5.02 Å². The van der Waals surface area contributed by atoms with E-state index in [2.05, 4.69) is 16.1 Å². The summed E-state index contributed by atoms with van der Waals surface area (Å²) >= 11 is 6.03. The number of hydrogen-bond acceptors (Lipinski definition) is 4. The Labute approximate surface area is 156 Å². The summed E-state index contributed by atoms with van der Waals surface area (Å²) in [6.07, 6.45) is 4.15. The number of nitrogens with zero attached hydrogens (tertiary/aromatic N) is 3. The number of halogens is 1. The molecule has 5 heteroatoms. The Morgan fingerprint density at radius 1 is 1.00 bits per heavy atom. The Bertz CT molecular complexity index is 972. The highest BCUT2D eigenvalue weighted by Crippen LogP contribution is 2.47. The van der Waals surface area contributed by atoms with E-state index in [0.29, 0.717) is 0 Å². The first kappa shape index (κ1) is 15.4. The van der Waals surface area contributed by atoms with Crippen LogP contribution in [-0.2, 0) is 0 Å². The summed E-state index contributed by atoms with van der Waals surface area (Å²) in [7, 11) is 0. The Morgan fingerprint density at radius 3 is 2.65 bits per heavy atom. The Morgan fingerprint density at radius 2 is 1.85 bits per heavy atom. The van der Waals surface area contributed by atoms with Gasteiger partial charge in [0.1, 0.15) is 5.75 Å². The third-order valence-electron chi connectivity index (χ3n) is 4.85. The number of pyridine rings is 1. The number of para-hydroxylation sites is 1. The van der Waals surface area contributed by atoms with Crippen molar-refractivity contribution in [3.63, 3.8) is 0 Å². The number of ether oxygens (including phenoxy) is 1. The van der Waals surface area contributed by atoms with Crippen molar-refractivity contribution < 1.29 is 4.74 Å². The average molecular weight is 362 g/mol. The van der Waals surface area contributed by atoms with E-state index < -0.39 is 0 Å². The quantitative estimate of drug-likeness (QED) is 0.646. The lowest BCUT2D eigenvalue weighted by Gasteiger charge is -2.38. The lowest BCUT2D eigenvalue weighted by molar-refractivity contribution is -0.0192. The third kappa shape index (κ3) is 2.54. The normalized spacial score (nSPS) is 20.8. The minimum absolute atomic E-state index is 0.149. The zero-order valence-electron chi connectivity index (χ0n) is 13.9. The summed E-state index contributed by atoms with van der Waals surface area (Å²) < 4.78 is 6.29. The van der Waals surface area contributed by atoms with Crippen molar-refractivity contribution in [2.75, 3.05) is 0 Å². The highest BCUT2D eigenvalue weighted by atomic mass is 35.5. The molecule has 5 rings (SSSR count). The van der Waals surface area contributed by atoms with Gasteiger partial charge in [-0.2, -0.15) is 5.10 Å². The number of benzene rings is 2. The predicted octanol–water partition coefficient (Wildman–Crippen LogP) is 4.98. The van der Waals surface area contributed by atoms with E-state index in [4.69, 9.17) is 21.4 Å². The number of aromatic nitrogens is 1. The van der Waals surface area contributed by atoms with Gasteiger partial charge in [-0.1, -0.05) is 48.0 Å². The Kier molecular flexibility index (Phi) is 3.64. The van der Waals surface area contributed by atoms with E-state index in [9.17, 15) is 0 Å². The van der Waals surface area contributed by atoms with Gasteiger partial charge in [-0.05, 0) is 29.8 Å². The Balaban J connectivity index is 1.59. The number of hydrazone groups is 1. The molecule has 2 aromatic carbocycles. The molecule has 0 saturated carbocycles. The van der Waals surface area contributed by atoms with Gasteiger partial charge in [0.05, 0.1) is 11.8 Å². The summed E-state index contributed by atoms with van der Waals surface area (Å²) in [5.74, 6) is 0.912. The van der Waals surface area contributed by atoms with Crippen LogP contribution in [0.3, 0.4) is 0 Å². The predicted molar refractivity (Wildman–Crippen MR) is 101 cm³/mol. The molecule has 0 amide bonds. The maximum atomic E-state index is 6.29. The topological polar surface area (TPSA) is 37.7 Å². The van der Waals surface area contributed by atoms with Gasteiger partial charge in [0.2, 0.25) is 6.23 Å². The first-order chi connectivity index (χ1) is 12.8. The lowest BCUT2D eigenvalue weighted by atomic mass is 9.96. The first-order valence-corrected chi connectivity index (χ1v) is 8.95. The van der Waals surface area contributed by atoms with Crippen molar-refractivity contribution in [1.82, 2.24) is 9.99 Å². The molecule has 26 heavy (non-hydrogen) atoms. The van der Waals surface area contributed by atoms with Gasteiger partial charge >= 0.3 is 0 Å². The monoisotopic (exact) mass is 361 g/mol. The minimum Gasteiger partial charge on any atom is -0.464 e. The molecule has 0 bridgehead atoms. The Hall–Kier alpha value is -2.85. The van der Waals surface area contributed by atoms with Gasteiger partial charge in [0, 0.05) is 35.0 Å². The van der Waals surface area contributed by atoms with E-state index in [0.717, 1.165) is 34.0 Å². The van der Waals surface area contributed by atoms with E-state index in [1.165, 1.54) is 5.56 Å². The molecule has 2 aliphatic rings. The third-order valence-corrected chi connectivity index (χ3v) is 5.10. The van der Waals surface area contributed by atoms with E-state index in [1.54, 1.807) is 6.20 Å². The van der Waals surface area contributed by atoms with Crippen LogP contribution in [-0.4, -0.2) is 15.7 Å². The molecule has 0 fully saturated rings. The van der Waals surface area contributed by atoms with Crippen molar-refractivity contribution in [2.45, 2.75) is 18.7 Å². The number of rotatable bonds is 2. The fourth-order valence-electron chi connectivity index (χ4n) is 3.59. The van der Waals surface area contributed by atoms with Crippen LogP contribution < -0.4 is 4.74 Å². The van der Waals surface area contributed by atoms with Crippen molar-refractivity contribution in [3.8, 4) is 5.75 Å². The lowest BCUT2D eigenvalue weighted by Crippen LogP contribution is -2.33. The van der Waals surface area contributed by atoms with Gasteiger partial charge in [0.25, 0.3) is 0 Å². The fraction of sp³-hybridized carbons (Fsp3) is 0.143. The molecule has 0 aliphatic carbocycles. The highest BCUT2D eigenvalue weighted by Gasteiger charge is 2.40. The molecular weight excluding hydrogens is 346 g/mol. The largest absolute Gasteiger partial charge is 0.464 e. The smallest absolute Gasteiger partial charge is 0.215 e. The SMILES string of the molecule is Clc1ccc(C2=NN3[C@H](C2)c2ccccc2O[C@@H]3c2cccnc2)cc1. The van der Waals surface area contributed by atoms with Crippen molar-refractivity contribution in [1.29, 1.82) is 0 Å². The van der Waals surface area contributed by atoms with Crippen LogP contribution in [0.5, 0.6) is 5.75 Å². The van der Waals surface area contributed by atoms with Crippen LogP contribution in [0.15, 0.2) is 78.2 Å². The second-order valence-electron chi connectivity index (χ2n) is 6.45. The molecule has 4 nitrogen and oxygen atoms in total. The van der Waals surface area contributed by atoms with Crippen LogP contribution >= 0.6 is 11.6 Å². The molecule has 0 spiro atoms. The van der Waals surface area contributed by atoms with E-state index in [-0.39, 0.29) is 12.3 Å². The van der Waals surface area contributed by atoms with Crippen LogP contribution in [0.25, 0.3) is 0 Å². The minimum atomic E-state index is -0.284. The summed E-state index contributed by atoms with van der Waals surface area (Å²) in [5.41, 5.74) is 4.29. The second-order valence-corrected chi connectivity index (χ2v) is 6.88. The van der Waals surface area contributed by atoms with Gasteiger partial charge in [0.15, 0.2) is 0 Å². The summed E-state index contributed by atoms with van der Waals surface area (Å²) in [5, 5.41) is 7.71. The summed E-state index contributed by atoms with van der Waals surface area (Å²) in [6.45, 7) is 0. The van der Waals surface area contributed by atoms with E-state index >= 15 is 0 Å². The molecular formula is C21H16ClN3O. The molecule has 0 saturated heterocycles. The molecule has 3 aromatic rings. The van der Waals surface area contributed by atoms with Gasteiger partial charge < -0.3 is 4.74 Å². The zero-order chi connectivity index (χ0) is 17.5. The maximum Gasteiger partial charge on any atom is 0.215 e. The molecule has 128 valence electrons.